The Bertz CT molecular complexity index is 687. The molecule has 0 saturated carbocycles. The van der Waals surface area contributed by atoms with Gasteiger partial charge in [0.2, 0.25) is 5.91 Å². The Labute approximate surface area is 149 Å². The molecule has 0 spiro atoms. The third kappa shape index (κ3) is 5.50. The Morgan fingerprint density at radius 1 is 1.04 bits per heavy atom. The van der Waals surface area contributed by atoms with Crippen LogP contribution in [0.1, 0.15) is 19.4 Å². The topological polar surface area (TPSA) is 50.8 Å². The minimum Gasteiger partial charge on any atom is -0.493 e. The van der Waals surface area contributed by atoms with Crippen LogP contribution in [-0.2, 0) is 11.3 Å². The zero-order valence-corrected chi connectivity index (χ0v) is 15.3. The number of nitrogens with zero attached hydrogens (tertiary/aromatic N) is 1. The van der Waals surface area contributed by atoms with Crippen molar-refractivity contribution >= 4 is 11.6 Å². The molecule has 0 saturated heterocycles. The fourth-order valence-corrected chi connectivity index (χ4v) is 2.54. The Balaban J connectivity index is 2.01. The summed E-state index contributed by atoms with van der Waals surface area (Å²) in [6.45, 7) is 5.23. The maximum Gasteiger partial charge on any atom is 0.238 e. The minimum atomic E-state index is -0.0585. The van der Waals surface area contributed by atoms with E-state index in [0.717, 1.165) is 6.54 Å². The van der Waals surface area contributed by atoms with E-state index in [-0.39, 0.29) is 11.9 Å². The molecular weight excluding hydrogens is 316 g/mol. The molecule has 0 aromatic heterocycles. The third-order valence-corrected chi connectivity index (χ3v) is 3.97. The van der Waals surface area contributed by atoms with E-state index in [2.05, 4.69) is 36.2 Å². The van der Waals surface area contributed by atoms with Gasteiger partial charge >= 0.3 is 0 Å². The van der Waals surface area contributed by atoms with Crippen molar-refractivity contribution in [1.82, 2.24) is 4.90 Å². The minimum absolute atomic E-state index is 0.0585. The van der Waals surface area contributed by atoms with Crippen LogP contribution in [0.4, 0.5) is 5.69 Å². The average Bonchev–Trinajstić information content (AvgIpc) is 2.61. The molecule has 0 atom stereocenters. The Morgan fingerprint density at radius 3 is 2.32 bits per heavy atom. The summed E-state index contributed by atoms with van der Waals surface area (Å²) in [5, 5.41) is 2.92. The van der Waals surface area contributed by atoms with E-state index >= 15 is 0 Å². The number of amides is 1. The summed E-state index contributed by atoms with van der Waals surface area (Å²) in [6, 6.07) is 15.8. The average molecular weight is 342 g/mol. The molecule has 0 heterocycles. The molecule has 1 amide bonds. The SMILES string of the molecule is COc1ccc(NC(=O)CN(Cc2ccccc2)C(C)C)cc1OC. The van der Waals surface area contributed by atoms with Crippen molar-refractivity contribution in [3.05, 3.63) is 54.1 Å². The van der Waals surface area contributed by atoms with Crippen molar-refractivity contribution in [2.24, 2.45) is 0 Å². The third-order valence-electron chi connectivity index (χ3n) is 3.97. The fourth-order valence-electron chi connectivity index (χ4n) is 2.54. The Kier molecular flexibility index (Phi) is 6.83. The lowest BCUT2D eigenvalue weighted by molar-refractivity contribution is -0.117. The van der Waals surface area contributed by atoms with Gasteiger partial charge in [-0.15, -0.1) is 0 Å². The van der Waals surface area contributed by atoms with E-state index in [1.54, 1.807) is 32.4 Å². The van der Waals surface area contributed by atoms with Gasteiger partial charge in [-0.05, 0) is 31.5 Å². The first-order chi connectivity index (χ1) is 12.0. The van der Waals surface area contributed by atoms with Crippen LogP contribution in [0.25, 0.3) is 0 Å². The van der Waals surface area contributed by atoms with Gasteiger partial charge in [-0.2, -0.15) is 0 Å². The van der Waals surface area contributed by atoms with Crippen LogP contribution in [0.15, 0.2) is 48.5 Å². The molecule has 0 unspecified atom stereocenters. The van der Waals surface area contributed by atoms with Crippen molar-refractivity contribution in [3.63, 3.8) is 0 Å². The Morgan fingerprint density at radius 2 is 1.72 bits per heavy atom. The van der Waals surface area contributed by atoms with Crippen LogP contribution < -0.4 is 14.8 Å². The molecule has 2 rings (SSSR count). The monoisotopic (exact) mass is 342 g/mol. The molecule has 1 N–H and O–H groups in total. The van der Waals surface area contributed by atoms with Crippen molar-refractivity contribution in [1.29, 1.82) is 0 Å². The number of carbonyl (C=O) groups is 1. The molecule has 0 aliphatic rings. The number of nitrogens with one attached hydrogen (secondary N) is 1. The molecule has 0 bridgehead atoms. The van der Waals surface area contributed by atoms with Crippen LogP contribution in [-0.4, -0.2) is 37.6 Å². The maximum atomic E-state index is 12.4. The molecule has 5 heteroatoms. The highest BCUT2D eigenvalue weighted by atomic mass is 16.5. The number of anilines is 1. The number of hydrogen-bond donors (Lipinski definition) is 1. The first-order valence-corrected chi connectivity index (χ1v) is 8.33. The van der Waals surface area contributed by atoms with Gasteiger partial charge < -0.3 is 14.8 Å². The highest BCUT2D eigenvalue weighted by Gasteiger charge is 2.15. The second-order valence-corrected chi connectivity index (χ2v) is 6.10. The Hall–Kier alpha value is -2.53. The van der Waals surface area contributed by atoms with Gasteiger partial charge in [-0.25, -0.2) is 0 Å². The van der Waals surface area contributed by atoms with Gasteiger partial charge in [-0.3, -0.25) is 9.69 Å². The lowest BCUT2D eigenvalue weighted by Gasteiger charge is -2.26. The molecule has 0 radical (unpaired) electrons. The van der Waals surface area contributed by atoms with Gasteiger partial charge in [0.15, 0.2) is 11.5 Å². The molecule has 0 fully saturated rings. The number of rotatable bonds is 8. The largest absolute Gasteiger partial charge is 0.493 e. The fraction of sp³-hybridized carbons (Fsp3) is 0.350. The highest BCUT2D eigenvalue weighted by molar-refractivity contribution is 5.92. The summed E-state index contributed by atoms with van der Waals surface area (Å²) in [5.74, 6) is 1.16. The quantitative estimate of drug-likeness (QED) is 0.797. The number of benzene rings is 2. The molecule has 25 heavy (non-hydrogen) atoms. The molecule has 5 nitrogen and oxygen atoms in total. The second kappa shape index (κ2) is 9.08. The summed E-state index contributed by atoms with van der Waals surface area (Å²) < 4.78 is 10.5. The summed E-state index contributed by atoms with van der Waals surface area (Å²) in [6.07, 6.45) is 0. The van der Waals surface area contributed by atoms with Gasteiger partial charge in [0.1, 0.15) is 0 Å². The highest BCUT2D eigenvalue weighted by Crippen LogP contribution is 2.29. The molecule has 134 valence electrons. The van der Waals surface area contributed by atoms with Crippen LogP contribution in [0, 0.1) is 0 Å². The van der Waals surface area contributed by atoms with Crippen molar-refractivity contribution in [3.8, 4) is 11.5 Å². The molecule has 0 aliphatic carbocycles. The lowest BCUT2D eigenvalue weighted by atomic mass is 10.2. The van der Waals surface area contributed by atoms with Gasteiger partial charge in [0.05, 0.1) is 20.8 Å². The van der Waals surface area contributed by atoms with Crippen LogP contribution in [0.3, 0.4) is 0 Å². The van der Waals surface area contributed by atoms with Crippen LogP contribution in [0.2, 0.25) is 0 Å². The van der Waals surface area contributed by atoms with Gasteiger partial charge in [-0.1, -0.05) is 30.3 Å². The van der Waals surface area contributed by atoms with E-state index in [9.17, 15) is 4.79 Å². The predicted molar refractivity (Wildman–Crippen MR) is 100 cm³/mol. The molecule has 2 aromatic rings. The smallest absolute Gasteiger partial charge is 0.238 e. The van der Waals surface area contributed by atoms with Crippen LogP contribution in [0.5, 0.6) is 11.5 Å². The first-order valence-electron chi connectivity index (χ1n) is 8.33. The molecule has 0 aliphatic heterocycles. The van der Waals surface area contributed by atoms with E-state index < -0.39 is 0 Å². The summed E-state index contributed by atoms with van der Waals surface area (Å²) in [4.78, 5) is 14.6. The lowest BCUT2D eigenvalue weighted by Crippen LogP contribution is -2.37. The second-order valence-electron chi connectivity index (χ2n) is 6.10. The normalized spacial score (nSPS) is 10.8. The number of hydrogen-bond acceptors (Lipinski definition) is 4. The van der Waals surface area contributed by atoms with Crippen molar-refractivity contribution < 1.29 is 14.3 Å². The zero-order valence-electron chi connectivity index (χ0n) is 15.3. The number of ether oxygens (including phenoxy) is 2. The predicted octanol–water partition coefficient (Wildman–Crippen LogP) is 3.55. The van der Waals surface area contributed by atoms with E-state index in [0.29, 0.717) is 23.7 Å². The van der Waals surface area contributed by atoms with Crippen molar-refractivity contribution in [2.45, 2.75) is 26.4 Å². The number of methoxy groups -OCH3 is 2. The van der Waals surface area contributed by atoms with Crippen LogP contribution >= 0.6 is 0 Å². The maximum absolute atomic E-state index is 12.4. The molecule has 2 aromatic carbocycles. The molecular formula is C20H26N2O3. The van der Waals surface area contributed by atoms with E-state index in [1.165, 1.54) is 5.56 Å². The van der Waals surface area contributed by atoms with E-state index in [4.69, 9.17) is 9.47 Å². The summed E-state index contributed by atoms with van der Waals surface area (Å²) >= 11 is 0. The van der Waals surface area contributed by atoms with E-state index in [1.807, 2.05) is 18.2 Å². The van der Waals surface area contributed by atoms with Gasteiger partial charge in [0.25, 0.3) is 0 Å². The summed E-state index contributed by atoms with van der Waals surface area (Å²) in [5.41, 5.74) is 1.88. The zero-order chi connectivity index (χ0) is 18.2. The first kappa shape index (κ1) is 18.8. The standard InChI is InChI=1S/C20H26N2O3/c1-15(2)22(13-16-8-6-5-7-9-16)14-20(23)21-17-10-11-18(24-3)19(12-17)25-4/h5-12,15H,13-14H2,1-4H3,(H,21,23). The number of carbonyl (C=O) groups excluding carboxylic acids is 1. The van der Waals surface area contributed by atoms with Gasteiger partial charge in [0, 0.05) is 24.3 Å². The van der Waals surface area contributed by atoms with Crippen molar-refractivity contribution in [2.75, 3.05) is 26.1 Å². The summed E-state index contributed by atoms with van der Waals surface area (Å²) in [7, 11) is 3.16.